The third-order valence-electron chi connectivity index (χ3n) is 3.91. The molecular weight excluding hydrogens is 288 g/mol. The minimum absolute atomic E-state index is 0.192. The lowest BCUT2D eigenvalue weighted by Crippen LogP contribution is -2.46. The summed E-state index contributed by atoms with van der Waals surface area (Å²) in [5.41, 5.74) is 0. The SMILES string of the molecule is CSC1CCCC(NC(=O)NCC(CC(C)C)C(=O)O)C1. The average molecular weight is 316 g/mol. The van der Waals surface area contributed by atoms with E-state index in [-0.39, 0.29) is 18.6 Å². The highest BCUT2D eigenvalue weighted by molar-refractivity contribution is 7.99. The molecule has 2 amide bonds. The summed E-state index contributed by atoms with van der Waals surface area (Å²) in [6.07, 6.45) is 7.06. The molecule has 0 aromatic carbocycles. The molecule has 0 bridgehead atoms. The van der Waals surface area contributed by atoms with Gasteiger partial charge in [-0.25, -0.2) is 4.79 Å². The fraction of sp³-hybridized carbons (Fsp3) is 0.867. The molecular formula is C15H28N2O3S. The molecule has 0 aromatic rings. The number of nitrogens with one attached hydrogen (secondary N) is 2. The molecule has 0 radical (unpaired) electrons. The van der Waals surface area contributed by atoms with Gasteiger partial charge in [0.05, 0.1) is 5.92 Å². The Labute approximate surface area is 131 Å². The monoisotopic (exact) mass is 316 g/mol. The summed E-state index contributed by atoms with van der Waals surface area (Å²) in [5.74, 6) is -1.05. The maximum atomic E-state index is 11.9. The topological polar surface area (TPSA) is 78.4 Å². The summed E-state index contributed by atoms with van der Waals surface area (Å²) < 4.78 is 0. The van der Waals surface area contributed by atoms with E-state index in [1.165, 1.54) is 6.42 Å². The van der Waals surface area contributed by atoms with E-state index in [1.54, 1.807) is 0 Å². The van der Waals surface area contributed by atoms with E-state index >= 15 is 0 Å². The van der Waals surface area contributed by atoms with E-state index in [1.807, 2.05) is 25.6 Å². The van der Waals surface area contributed by atoms with Crippen molar-refractivity contribution < 1.29 is 14.7 Å². The molecule has 3 unspecified atom stereocenters. The zero-order chi connectivity index (χ0) is 15.8. The van der Waals surface area contributed by atoms with Crippen LogP contribution in [0, 0.1) is 11.8 Å². The predicted molar refractivity (Wildman–Crippen MR) is 86.7 cm³/mol. The Morgan fingerprint density at radius 2 is 2.05 bits per heavy atom. The molecule has 3 atom stereocenters. The van der Waals surface area contributed by atoms with Crippen molar-refractivity contribution in [1.82, 2.24) is 10.6 Å². The molecule has 5 nitrogen and oxygen atoms in total. The summed E-state index contributed by atoms with van der Waals surface area (Å²) in [7, 11) is 0. The van der Waals surface area contributed by atoms with Gasteiger partial charge in [-0.1, -0.05) is 20.3 Å². The van der Waals surface area contributed by atoms with Crippen LogP contribution in [0.1, 0.15) is 46.0 Å². The molecule has 0 aliphatic heterocycles. The summed E-state index contributed by atoms with van der Waals surface area (Å²) in [4.78, 5) is 23.0. The standard InChI is InChI=1S/C15H28N2O3S/c1-10(2)7-11(14(18)19)9-16-15(20)17-12-5-4-6-13(8-12)21-3/h10-13H,4-9H2,1-3H3,(H,18,19)(H2,16,17,20). The van der Waals surface area contributed by atoms with Crippen molar-refractivity contribution in [1.29, 1.82) is 0 Å². The van der Waals surface area contributed by atoms with Gasteiger partial charge >= 0.3 is 12.0 Å². The lowest BCUT2D eigenvalue weighted by atomic mass is 9.95. The normalized spacial score (nSPS) is 23.6. The molecule has 1 rings (SSSR count). The molecule has 0 aromatic heterocycles. The molecule has 1 saturated carbocycles. The van der Waals surface area contributed by atoms with Gasteiger partial charge in [-0.15, -0.1) is 0 Å². The number of aliphatic carboxylic acids is 1. The molecule has 1 fully saturated rings. The zero-order valence-corrected chi connectivity index (χ0v) is 14.0. The summed E-state index contributed by atoms with van der Waals surface area (Å²) in [6, 6.07) is -0.0265. The molecule has 0 spiro atoms. The molecule has 3 N–H and O–H groups in total. The molecule has 21 heavy (non-hydrogen) atoms. The van der Waals surface area contributed by atoms with Crippen molar-refractivity contribution in [3.8, 4) is 0 Å². The van der Waals surface area contributed by atoms with Crippen LogP contribution in [0.3, 0.4) is 0 Å². The van der Waals surface area contributed by atoms with Crippen LogP contribution < -0.4 is 10.6 Å². The number of carboxylic acids is 1. The van der Waals surface area contributed by atoms with Crippen LogP contribution in [0.2, 0.25) is 0 Å². The fourth-order valence-corrected chi connectivity index (χ4v) is 3.61. The molecule has 0 heterocycles. The number of urea groups is 1. The van der Waals surface area contributed by atoms with Crippen molar-refractivity contribution in [3.05, 3.63) is 0 Å². The number of carbonyl (C=O) groups excluding carboxylic acids is 1. The van der Waals surface area contributed by atoms with Gasteiger partial charge in [-0.2, -0.15) is 11.8 Å². The number of carboxylic acid groups (broad SMARTS) is 1. The van der Waals surface area contributed by atoms with Crippen molar-refractivity contribution in [2.75, 3.05) is 12.8 Å². The van der Waals surface area contributed by atoms with E-state index < -0.39 is 11.9 Å². The van der Waals surface area contributed by atoms with E-state index in [0.29, 0.717) is 17.6 Å². The van der Waals surface area contributed by atoms with Gasteiger partial charge in [-0.05, 0) is 37.9 Å². The van der Waals surface area contributed by atoms with Crippen LogP contribution in [-0.2, 0) is 4.79 Å². The Kier molecular flexibility index (Phi) is 7.93. The third-order valence-corrected chi connectivity index (χ3v) is 5.00. The van der Waals surface area contributed by atoms with Gasteiger partial charge in [0.15, 0.2) is 0 Å². The number of thioether (sulfide) groups is 1. The molecule has 1 aliphatic rings. The maximum absolute atomic E-state index is 11.9. The van der Waals surface area contributed by atoms with E-state index in [9.17, 15) is 9.59 Å². The van der Waals surface area contributed by atoms with Crippen LogP contribution in [0.4, 0.5) is 4.79 Å². The van der Waals surface area contributed by atoms with Crippen molar-refractivity contribution in [2.45, 2.75) is 57.2 Å². The van der Waals surface area contributed by atoms with Gasteiger partial charge < -0.3 is 15.7 Å². The first-order chi connectivity index (χ1) is 9.92. The average Bonchev–Trinajstić information content (AvgIpc) is 2.43. The van der Waals surface area contributed by atoms with Crippen molar-refractivity contribution >= 4 is 23.8 Å². The first kappa shape index (κ1) is 18.1. The maximum Gasteiger partial charge on any atom is 0.315 e. The Hall–Kier alpha value is -0.910. The molecule has 122 valence electrons. The summed E-state index contributed by atoms with van der Waals surface area (Å²) in [5, 5.41) is 15.5. The van der Waals surface area contributed by atoms with E-state index in [4.69, 9.17) is 5.11 Å². The largest absolute Gasteiger partial charge is 0.481 e. The number of carbonyl (C=O) groups is 2. The van der Waals surface area contributed by atoms with Crippen LogP contribution in [0.25, 0.3) is 0 Å². The van der Waals surface area contributed by atoms with Gasteiger partial charge in [0.25, 0.3) is 0 Å². The Bertz CT molecular complexity index is 350. The summed E-state index contributed by atoms with van der Waals surface area (Å²) in [6.45, 7) is 4.17. The highest BCUT2D eigenvalue weighted by Crippen LogP contribution is 2.26. The van der Waals surface area contributed by atoms with Gasteiger partial charge in [-0.3, -0.25) is 4.79 Å². The molecule has 1 aliphatic carbocycles. The van der Waals surface area contributed by atoms with Crippen LogP contribution in [0.5, 0.6) is 0 Å². The van der Waals surface area contributed by atoms with E-state index in [2.05, 4.69) is 16.9 Å². The van der Waals surface area contributed by atoms with Gasteiger partial charge in [0.1, 0.15) is 0 Å². The van der Waals surface area contributed by atoms with Crippen LogP contribution >= 0.6 is 11.8 Å². The second-order valence-corrected chi connectivity index (χ2v) is 7.38. The second-order valence-electron chi connectivity index (χ2n) is 6.24. The number of amides is 2. The van der Waals surface area contributed by atoms with Gasteiger partial charge in [0, 0.05) is 17.8 Å². The van der Waals surface area contributed by atoms with Crippen LogP contribution in [0.15, 0.2) is 0 Å². The quantitative estimate of drug-likeness (QED) is 0.675. The summed E-state index contributed by atoms with van der Waals surface area (Å²) >= 11 is 1.86. The van der Waals surface area contributed by atoms with Crippen molar-refractivity contribution in [2.24, 2.45) is 11.8 Å². The Morgan fingerprint density at radius 3 is 2.62 bits per heavy atom. The minimum Gasteiger partial charge on any atom is -0.481 e. The minimum atomic E-state index is -0.843. The first-order valence-electron chi connectivity index (χ1n) is 7.72. The highest BCUT2D eigenvalue weighted by atomic mass is 32.2. The predicted octanol–water partition coefficient (Wildman–Crippen LogP) is 2.71. The Balaban J connectivity index is 2.33. The lowest BCUT2D eigenvalue weighted by molar-refractivity contribution is -0.142. The number of hydrogen-bond donors (Lipinski definition) is 3. The highest BCUT2D eigenvalue weighted by Gasteiger charge is 2.24. The third kappa shape index (κ3) is 7.07. The van der Waals surface area contributed by atoms with Gasteiger partial charge in [0.2, 0.25) is 0 Å². The smallest absolute Gasteiger partial charge is 0.315 e. The van der Waals surface area contributed by atoms with E-state index in [0.717, 1.165) is 19.3 Å². The van der Waals surface area contributed by atoms with Crippen molar-refractivity contribution in [3.63, 3.8) is 0 Å². The number of rotatable bonds is 7. The first-order valence-corrected chi connectivity index (χ1v) is 9.01. The Morgan fingerprint density at radius 1 is 1.33 bits per heavy atom. The zero-order valence-electron chi connectivity index (χ0n) is 13.2. The molecule has 0 saturated heterocycles. The number of hydrogen-bond acceptors (Lipinski definition) is 3. The molecule has 6 heteroatoms. The van der Waals surface area contributed by atoms with Crippen LogP contribution in [-0.4, -0.2) is 41.2 Å². The fourth-order valence-electron chi connectivity index (χ4n) is 2.78. The second kappa shape index (κ2) is 9.18. The lowest BCUT2D eigenvalue weighted by Gasteiger charge is -2.28.